The molecule has 1 amide bonds. The number of pyridine rings is 1. The van der Waals surface area contributed by atoms with E-state index in [4.69, 9.17) is 9.47 Å². The molecule has 1 N–H and O–H groups in total. The summed E-state index contributed by atoms with van der Waals surface area (Å²) in [5.41, 5.74) is 2.03. The summed E-state index contributed by atoms with van der Waals surface area (Å²) >= 11 is 0. The van der Waals surface area contributed by atoms with Crippen molar-refractivity contribution in [2.75, 3.05) is 20.8 Å². The lowest BCUT2D eigenvalue weighted by Gasteiger charge is -2.23. The third-order valence-corrected chi connectivity index (χ3v) is 5.38. The van der Waals surface area contributed by atoms with Gasteiger partial charge in [0.15, 0.2) is 17.3 Å². The van der Waals surface area contributed by atoms with E-state index in [1.54, 1.807) is 26.6 Å². The average Bonchev–Trinajstić information content (AvgIpc) is 3.23. The van der Waals surface area contributed by atoms with Crippen molar-refractivity contribution in [3.05, 3.63) is 54.1 Å². The molecule has 2 aromatic heterocycles. The first kappa shape index (κ1) is 19.9. The minimum Gasteiger partial charge on any atom is -0.493 e. The van der Waals surface area contributed by atoms with Gasteiger partial charge in [0, 0.05) is 31.0 Å². The van der Waals surface area contributed by atoms with Gasteiger partial charge in [0.25, 0.3) is 0 Å². The molecule has 4 rings (SSSR count). The first-order valence-corrected chi connectivity index (χ1v) is 10.0. The number of benzene rings is 1. The van der Waals surface area contributed by atoms with Gasteiger partial charge in [-0.1, -0.05) is 6.07 Å². The van der Waals surface area contributed by atoms with E-state index in [2.05, 4.69) is 25.1 Å². The maximum Gasteiger partial charge on any atom is 0.230 e. The summed E-state index contributed by atoms with van der Waals surface area (Å²) in [6.45, 7) is 1.35. The summed E-state index contributed by atoms with van der Waals surface area (Å²) in [5, 5.41) is 11.7. The van der Waals surface area contributed by atoms with Gasteiger partial charge in [-0.2, -0.15) is 0 Å². The second kappa shape index (κ2) is 8.94. The van der Waals surface area contributed by atoms with Gasteiger partial charge >= 0.3 is 0 Å². The number of nitrogens with zero attached hydrogens (tertiary/aromatic N) is 4. The lowest BCUT2D eigenvalue weighted by Crippen LogP contribution is -2.34. The molecule has 3 aromatic rings. The Morgan fingerprint density at radius 1 is 1.13 bits per heavy atom. The summed E-state index contributed by atoms with van der Waals surface area (Å²) in [5.74, 6) is 2.60. The Bertz CT molecular complexity index is 1020. The van der Waals surface area contributed by atoms with E-state index in [-0.39, 0.29) is 11.8 Å². The minimum atomic E-state index is -0.285. The smallest absolute Gasteiger partial charge is 0.230 e. The summed E-state index contributed by atoms with van der Waals surface area (Å²) in [6, 6.07) is 9.60. The van der Waals surface area contributed by atoms with E-state index in [9.17, 15) is 4.79 Å². The number of aromatic nitrogens is 4. The van der Waals surface area contributed by atoms with Crippen molar-refractivity contribution in [1.29, 1.82) is 0 Å². The van der Waals surface area contributed by atoms with Gasteiger partial charge in [-0.05, 0) is 49.1 Å². The zero-order chi connectivity index (χ0) is 20.9. The van der Waals surface area contributed by atoms with Crippen LogP contribution in [0.5, 0.6) is 11.5 Å². The summed E-state index contributed by atoms with van der Waals surface area (Å²) < 4.78 is 12.7. The maximum atomic E-state index is 12.9. The molecule has 1 aliphatic rings. The Morgan fingerprint density at radius 3 is 2.70 bits per heavy atom. The highest BCUT2D eigenvalue weighted by Gasteiger charge is 2.30. The molecule has 1 unspecified atom stereocenters. The van der Waals surface area contributed by atoms with Gasteiger partial charge in [-0.15, -0.1) is 10.2 Å². The predicted octanol–water partition coefficient (Wildman–Crippen LogP) is 2.59. The van der Waals surface area contributed by atoms with E-state index in [0.29, 0.717) is 24.5 Å². The van der Waals surface area contributed by atoms with Crippen LogP contribution < -0.4 is 14.8 Å². The third kappa shape index (κ3) is 3.98. The standard InChI is InChI=1S/C22H25N5O3/c1-29-18-6-5-15(14-19(18)30-2)7-12-24-22(28)17-4-3-13-27-20(25-26-21(17)27)16-8-10-23-11-9-16/h5-6,8-11,14,17H,3-4,7,12-13H2,1-2H3,(H,24,28). The Kier molecular flexibility index (Phi) is 5.92. The number of ether oxygens (including phenoxy) is 2. The van der Waals surface area contributed by atoms with Crippen molar-refractivity contribution >= 4 is 5.91 Å². The van der Waals surface area contributed by atoms with E-state index >= 15 is 0 Å². The SMILES string of the molecule is COc1ccc(CCNC(=O)C2CCCn3c(-c4ccncc4)nnc32)cc1OC. The number of rotatable bonds is 7. The molecule has 8 heteroatoms. The van der Waals surface area contributed by atoms with Crippen LogP contribution in [0.1, 0.15) is 30.1 Å². The molecular formula is C22H25N5O3. The molecule has 0 bridgehead atoms. The molecule has 1 aromatic carbocycles. The van der Waals surface area contributed by atoms with Crippen molar-refractivity contribution < 1.29 is 14.3 Å². The molecule has 1 aliphatic heterocycles. The van der Waals surface area contributed by atoms with Crippen LogP contribution in [0.4, 0.5) is 0 Å². The quantitative estimate of drug-likeness (QED) is 0.647. The Hall–Kier alpha value is -3.42. The minimum absolute atomic E-state index is 0.00916. The van der Waals surface area contributed by atoms with Crippen molar-refractivity contribution in [2.24, 2.45) is 0 Å². The van der Waals surface area contributed by atoms with E-state index < -0.39 is 0 Å². The van der Waals surface area contributed by atoms with E-state index in [0.717, 1.165) is 42.2 Å². The zero-order valence-electron chi connectivity index (χ0n) is 17.2. The van der Waals surface area contributed by atoms with Gasteiger partial charge < -0.3 is 19.4 Å². The molecular weight excluding hydrogens is 382 g/mol. The van der Waals surface area contributed by atoms with Crippen LogP contribution in [-0.2, 0) is 17.8 Å². The van der Waals surface area contributed by atoms with Crippen molar-refractivity contribution in [1.82, 2.24) is 25.1 Å². The van der Waals surface area contributed by atoms with Crippen LogP contribution in [0, 0.1) is 0 Å². The lowest BCUT2D eigenvalue weighted by molar-refractivity contribution is -0.123. The molecule has 0 saturated carbocycles. The number of hydrogen-bond acceptors (Lipinski definition) is 6. The topological polar surface area (TPSA) is 91.2 Å². The largest absolute Gasteiger partial charge is 0.493 e. The highest BCUT2D eigenvalue weighted by atomic mass is 16.5. The van der Waals surface area contributed by atoms with Gasteiger partial charge in [0.2, 0.25) is 5.91 Å². The molecule has 156 valence electrons. The average molecular weight is 407 g/mol. The second-order valence-corrected chi connectivity index (χ2v) is 7.19. The molecule has 0 saturated heterocycles. The van der Waals surface area contributed by atoms with Crippen LogP contribution in [0.15, 0.2) is 42.7 Å². The normalized spacial score (nSPS) is 15.3. The van der Waals surface area contributed by atoms with Crippen LogP contribution in [0.3, 0.4) is 0 Å². The molecule has 0 radical (unpaired) electrons. The molecule has 30 heavy (non-hydrogen) atoms. The number of carbonyl (C=O) groups excluding carboxylic acids is 1. The first-order chi connectivity index (χ1) is 14.7. The number of amides is 1. The van der Waals surface area contributed by atoms with Crippen LogP contribution >= 0.6 is 0 Å². The number of hydrogen-bond donors (Lipinski definition) is 1. The lowest BCUT2D eigenvalue weighted by atomic mass is 9.97. The van der Waals surface area contributed by atoms with Gasteiger partial charge in [0.1, 0.15) is 5.82 Å². The maximum absolute atomic E-state index is 12.9. The van der Waals surface area contributed by atoms with Crippen LogP contribution in [-0.4, -0.2) is 46.4 Å². The Labute approximate surface area is 175 Å². The van der Waals surface area contributed by atoms with Gasteiger partial charge in [-0.25, -0.2) is 0 Å². The molecule has 0 spiro atoms. The summed E-state index contributed by atoms with van der Waals surface area (Å²) in [7, 11) is 3.23. The van der Waals surface area contributed by atoms with Crippen molar-refractivity contribution in [3.8, 4) is 22.9 Å². The zero-order valence-corrected chi connectivity index (χ0v) is 17.2. The number of nitrogens with one attached hydrogen (secondary N) is 1. The van der Waals surface area contributed by atoms with E-state index in [1.807, 2.05) is 30.3 Å². The molecule has 3 heterocycles. The Balaban J connectivity index is 1.41. The number of methoxy groups -OCH3 is 2. The molecule has 1 atom stereocenters. The van der Waals surface area contributed by atoms with Crippen molar-refractivity contribution in [3.63, 3.8) is 0 Å². The molecule has 0 fully saturated rings. The number of carbonyl (C=O) groups is 1. The van der Waals surface area contributed by atoms with Gasteiger partial charge in [-0.3, -0.25) is 9.78 Å². The second-order valence-electron chi connectivity index (χ2n) is 7.19. The molecule has 8 nitrogen and oxygen atoms in total. The van der Waals surface area contributed by atoms with Crippen LogP contribution in [0.25, 0.3) is 11.4 Å². The summed E-state index contributed by atoms with van der Waals surface area (Å²) in [4.78, 5) is 16.9. The monoisotopic (exact) mass is 407 g/mol. The fourth-order valence-electron chi connectivity index (χ4n) is 3.83. The fraction of sp³-hybridized carbons (Fsp3) is 0.364. The predicted molar refractivity (Wildman–Crippen MR) is 111 cm³/mol. The highest BCUT2D eigenvalue weighted by molar-refractivity contribution is 5.83. The number of fused-ring (bicyclic) bond motifs is 1. The van der Waals surface area contributed by atoms with E-state index in [1.165, 1.54) is 0 Å². The third-order valence-electron chi connectivity index (χ3n) is 5.38. The van der Waals surface area contributed by atoms with Crippen molar-refractivity contribution in [2.45, 2.75) is 31.7 Å². The summed E-state index contributed by atoms with van der Waals surface area (Å²) in [6.07, 6.45) is 5.86. The Morgan fingerprint density at radius 2 is 1.93 bits per heavy atom. The fourth-order valence-corrected chi connectivity index (χ4v) is 3.83. The first-order valence-electron chi connectivity index (χ1n) is 10.0. The van der Waals surface area contributed by atoms with Crippen LogP contribution in [0.2, 0.25) is 0 Å². The molecule has 0 aliphatic carbocycles. The highest BCUT2D eigenvalue weighted by Crippen LogP contribution is 2.30. The van der Waals surface area contributed by atoms with Gasteiger partial charge in [0.05, 0.1) is 20.1 Å².